The van der Waals surface area contributed by atoms with Crippen LogP contribution in [-0.4, -0.2) is 28.0 Å². The molecule has 0 fully saturated rings. The number of thiocarbonyl (C=S) groups is 1. The number of carbonyl (C=O) groups is 1. The smallest absolute Gasteiger partial charge is 0.330 e. The summed E-state index contributed by atoms with van der Waals surface area (Å²) in [5.74, 6) is -0.966. The highest BCUT2D eigenvalue weighted by molar-refractivity contribution is 7.78. The van der Waals surface area contributed by atoms with E-state index in [1.807, 2.05) is 24.3 Å². The number of phenols is 2. The minimum Gasteiger partial charge on any atom is -0.504 e. The van der Waals surface area contributed by atoms with Gasteiger partial charge >= 0.3 is 5.97 Å². The van der Waals surface area contributed by atoms with Crippen molar-refractivity contribution in [3.8, 4) is 11.5 Å². The van der Waals surface area contributed by atoms with Gasteiger partial charge in [0.2, 0.25) is 0 Å². The highest BCUT2D eigenvalue weighted by atomic mass is 32.1. The predicted octanol–water partition coefficient (Wildman–Crippen LogP) is 3.63. The van der Waals surface area contributed by atoms with E-state index in [0.717, 1.165) is 5.56 Å². The van der Waals surface area contributed by atoms with Crippen LogP contribution in [0.15, 0.2) is 53.5 Å². The number of esters is 1. The molecule has 0 heterocycles. The first-order valence-corrected chi connectivity index (χ1v) is 7.53. The second kappa shape index (κ2) is 8.62. The third-order valence-electron chi connectivity index (χ3n) is 3.18. The lowest BCUT2D eigenvalue weighted by molar-refractivity contribution is -0.137. The van der Waals surface area contributed by atoms with E-state index < -0.39 is 5.97 Å². The zero-order valence-electron chi connectivity index (χ0n) is 12.7. The predicted molar refractivity (Wildman–Crippen MR) is 94.6 cm³/mol. The van der Waals surface area contributed by atoms with Gasteiger partial charge in [0.15, 0.2) is 11.5 Å². The normalized spacial score (nSPS) is 10.3. The molecule has 0 spiro atoms. The van der Waals surface area contributed by atoms with Gasteiger partial charge in [-0.1, -0.05) is 24.3 Å². The van der Waals surface area contributed by atoms with Crippen LogP contribution in [0.1, 0.15) is 11.1 Å². The summed E-state index contributed by atoms with van der Waals surface area (Å²) in [7, 11) is 0. The van der Waals surface area contributed by atoms with Crippen molar-refractivity contribution in [1.82, 2.24) is 0 Å². The molecule has 2 N–H and O–H groups in total. The van der Waals surface area contributed by atoms with Gasteiger partial charge in [-0.25, -0.2) is 4.79 Å². The van der Waals surface area contributed by atoms with Gasteiger partial charge < -0.3 is 14.9 Å². The summed E-state index contributed by atoms with van der Waals surface area (Å²) in [5, 5.41) is 20.9. The standard InChI is InChI=1S/C18H15NO4S/c20-16-7-5-13(11-17(16)21)6-8-18(22)23-10-9-14-3-1-2-4-15(14)19-12-24/h1-8,11,20-21H,9-10H2/b8-6+. The first kappa shape index (κ1) is 17.4. The van der Waals surface area contributed by atoms with E-state index in [9.17, 15) is 15.0 Å². The van der Waals surface area contributed by atoms with Crippen molar-refractivity contribution in [2.45, 2.75) is 6.42 Å². The van der Waals surface area contributed by atoms with Gasteiger partial charge in [0.05, 0.1) is 17.5 Å². The van der Waals surface area contributed by atoms with E-state index in [4.69, 9.17) is 4.74 Å². The SMILES string of the molecule is O=C(/C=C/c1ccc(O)c(O)c1)OCCc1ccccc1N=C=S. The maximum atomic E-state index is 11.7. The number of hydrogen-bond acceptors (Lipinski definition) is 6. The van der Waals surface area contributed by atoms with Crippen molar-refractivity contribution in [3.63, 3.8) is 0 Å². The van der Waals surface area contributed by atoms with E-state index in [0.29, 0.717) is 17.7 Å². The van der Waals surface area contributed by atoms with Crippen LogP contribution in [-0.2, 0) is 16.0 Å². The van der Waals surface area contributed by atoms with E-state index in [1.54, 1.807) is 6.07 Å². The van der Waals surface area contributed by atoms with Crippen molar-refractivity contribution in [2.75, 3.05) is 6.61 Å². The van der Waals surface area contributed by atoms with Crippen LogP contribution in [0, 0.1) is 0 Å². The number of aliphatic imine (C=N–C) groups is 1. The van der Waals surface area contributed by atoms with Gasteiger partial charge in [0, 0.05) is 12.5 Å². The number of carbonyl (C=O) groups excluding carboxylic acids is 1. The Balaban J connectivity index is 1.88. The third-order valence-corrected chi connectivity index (χ3v) is 3.28. The molecule has 0 aliphatic rings. The Kier molecular flexibility index (Phi) is 6.25. The summed E-state index contributed by atoms with van der Waals surface area (Å²) in [6.45, 7) is 0.202. The van der Waals surface area contributed by atoms with Gasteiger partial charge in [0.1, 0.15) is 0 Å². The fraction of sp³-hybridized carbons (Fsp3) is 0.111. The Bertz CT molecular complexity index is 810. The van der Waals surface area contributed by atoms with Gasteiger partial charge in [-0.15, -0.1) is 0 Å². The highest BCUT2D eigenvalue weighted by Gasteiger charge is 2.03. The molecular formula is C18H15NO4S. The minimum atomic E-state index is -0.502. The first-order chi connectivity index (χ1) is 11.6. The molecule has 0 amide bonds. The number of aromatic hydroxyl groups is 2. The number of benzene rings is 2. The van der Waals surface area contributed by atoms with Crippen LogP contribution in [0.4, 0.5) is 5.69 Å². The molecule has 0 aliphatic carbocycles. The maximum absolute atomic E-state index is 11.7. The van der Waals surface area contributed by atoms with Crippen LogP contribution in [0.5, 0.6) is 11.5 Å². The highest BCUT2D eigenvalue weighted by Crippen LogP contribution is 2.25. The number of phenolic OH excluding ortho intramolecular Hbond substituents is 2. The molecule has 0 atom stereocenters. The minimum absolute atomic E-state index is 0.202. The van der Waals surface area contributed by atoms with Crippen molar-refractivity contribution in [3.05, 3.63) is 59.7 Å². The van der Waals surface area contributed by atoms with Gasteiger partial charge in [-0.2, -0.15) is 4.99 Å². The molecule has 0 unspecified atom stereocenters. The first-order valence-electron chi connectivity index (χ1n) is 7.13. The van der Waals surface area contributed by atoms with Crippen molar-refractivity contribution in [2.24, 2.45) is 4.99 Å². The number of nitrogens with zero attached hydrogens (tertiary/aromatic N) is 1. The molecule has 122 valence electrons. The number of para-hydroxylation sites is 1. The van der Waals surface area contributed by atoms with Crippen LogP contribution in [0.3, 0.4) is 0 Å². The van der Waals surface area contributed by atoms with Crippen molar-refractivity contribution >= 4 is 35.1 Å². The zero-order chi connectivity index (χ0) is 17.4. The molecule has 0 bridgehead atoms. The van der Waals surface area contributed by atoms with Crippen LogP contribution >= 0.6 is 12.2 Å². The molecule has 0 radical (unpaired) electrons. The second-order valence-corrected chi connectivity index (χ2v) is 5.01. The number of isothiocyanates is 1. The molecule has 5 nitrogen and oxygen atoms in total. The molecule has 0 aliphatic heterocycles. The molecular weight excluding hydrogens is 326 g/mol. The summed E-state index contributed by atoms with van der Waals surface area (Å²) in [4.78, 5) is 15.7. The van der Waals surface area contributed by atoms with Crippen molar-refractivity contribution in [1.29, 1.82) is 0 Å². The Hall–Kier alpha value is -2.95. The zero-order valence-corrected chi connectivity index (χ0v) is 13.5. The van der Waals surface area contributed by atoms with E-state index in [-0.39, 0.29) is 18.1 Å². The number of rotatable bonds is 6. The van der Waals surface area contributed by atoms with Gasteiger partial charge in [-0.3, -0.25) is 0 Å². The van der Waals surface area contributed by atoms with Crippen LogP contribution < -0.4 is 0 Å². The molecule has 0 aromatic heterocycles. The quantitative estimate of drug-likeness (QED) is 0.276. The van der Waals surface area contributed by atoms with E-state index in [1.165, 1.54) is 24.3 Å². The lowest BCUT2D eigenvalue weighted by atomic mass is 10.1. The van der Waals surface area contributed by atoms with E-state index >= 15 is 0 Å². The Morgan fingerprint density at radius 2 is 2.00 bits per heavy atom. The van der Waals surface area contributed by atoms with E-state index in [2.05, 4.69) is 22.4 Å². The summed E-state index contributed by atoms with van der Waals surface area (Å²) in [6.07, 6.45) is 3.26. The third kappa shape index (κ3) is 5.05. The Morgan fingerprint density at radius 1 is 1.21 bits per heavy atom. The number of hydrogen-bond donors (Lipinski definition) is 2. The summed E-state index contributed by atoms with van der Waals surface area (Å²) < 4.78 is 5.13. The average Bonchev–Trinajstić information content (AvgIpc) is 2.58. The fourth-order valence-corrected chi connectivity index (χ4v) is 2.10. The largest absolute Gasteiger partial charge is 0.504 e. The molecule has 2 aromatic rings. The van der Waals surface area contributed by atoms with Gasteiger partial charge in [0.25, 0.3) is 0 Å². The lowest BCUT2D eigenvalue weighted by Gasteiger charge is -2.05. The number of ether oxygens (including phenoxy) is 1. The topological polar surface area (TPSA) is 79.1 Å². The Morgan fingerprint density at radius 3 is 2.75 bits per heavy atom. The molecule has 0 saturated carbocycles. The molecule has 2 aromatic carbocycles. The van der Waals surface area contributed by atoms with Crippen LogP contribution in [0.2, 0.25) is 0 Å². The molecule has 0 saturated heterocycles. The lowest BCUT2D eigenvalue weighted by Crippen LogP contribution is -2.04. The monoisotopic (exact) mass is 341 g/mol. The molecule has 24 heavy (non-hydrogen) atoms. The molecule has 2 rings (SSSR count). The van der Waals surface area contributed by atoms with Gasteiger partial charge in [-0.05, 0) is 47.6 Å². The second-order valence-electron chi connectivity index (χ2n) is 4.83. The molecule has 6 heteroatoms. The maximum Gasteiger partial charge on any atom is 0.330 e. The Labute approximate surface area is 144 Å². The summed E-state index contributed by atoms with van der Waals surface area (Å²) in [6, 6.07) is 11.7. The fourth-order valence-electron chi connectivity index (χ4n) is 2.00. The average molecular weight is 341 g/mol. The van der Waals surface area contributed by atoms with Crippen LogP contribution in [0.25, 0.3) is 6.08 Å². The summed E-state index contributed by atoms with van der Waals surface area (Å²) >= 11 is 4.60. The summed E-state index contributed by atoms with van der Waals surface area (Å²) in [5.41, 5.74) is 2.19. The van der Waals surface area contributed by atoms with Crippen molar-refractivity contribution < 1.29 is 19.7 Å².